The second-order valence-electron chi connectivity index (χ2n) is 7.01. The summed E-state index contributed by atoms with van der Waals surface area (Å²) < 4.78 is 1.82. The monoisotopic (exact) mass is 325 g/mol. The normalized spacial score (nSPS) is 23.5. The third-order valence-corrected chi connectivity index (χ3v) is 5.43. The van der Waals surface area contributed by atoms with Crippen molar-refractivity contribution in [1.29, 1.82) is 0 Å². The zero-order valence-electron chi connectivity index (χ0n) is 14.0. The second-order valence-corrected chi connectivity index (χ2v) is 7.01. The summed E-state index contributed by atoms with van der Waals surface area (Å²) in [4.78, 5) is 19.0. The fourth-order valence-electron chi connectivity index (χ4n) is 4.16. The summed E-state index contributed by atoms with van der Waals surface area (Å²) >= 11 is 0. The number of hydrogen-bond donors (Lipinski definition) is 1. The highest BCUT2D eigenvalue weighted by Gasteiger charge is 2.48. The van der Waals surface area contributed by atoms with E-state index in [1.807, 2.05) is 42.5 Å². The molecule has 0 radical (unpaired) electrons. The van der Waals surface area contributed by atoms with Crippen molar-refractivity contribution in [2.45, 2.75) is 37.3 Å². The molecule has 6 heteroatoms. The average Bonchev–Trinajstić information content (AvgIpc) is 3.14. The molecular formula is C18H23N5O. The lowest BCUT2D eigenvalue weighted by atomic mass is 9.75. The fourth-order valence-corrected chi connectivity index (χ4v) is 4.16. The molecule has 126 valence electrons. The molecule has 2 aliphatic rings. The van der Waals surface area contributed by atoms with Crippen molar-refractivity contribution >= 4 is 5.91 Å². The van der Waals surface area contributed by atoms with Crippen molar-refractivity contribution in [1.82, 2.24) is 25.0 Å². The quantitative estimate of drug-likeness (QED) is 0.928. The van der Waals surface area contributed by atoms with Crippen LogP contribution in [0.4, 0.5) is 0 Å². The average molecular weight is 325 g/mol. The summed E-state index contributed by atoms with van der Waals surface area (Å²) in [6, 6.07) is 6.05. The van der Waals surface area contributed by atoms with Gasteiger partial charge >= 0.3 is 0 Å². The highest BCUT2D eigenvalue weighted by atomic mass is 16.2. The van der Waals surface area contributed by atoms with Crippen LogP contribution < -0.4 is 5.32 Å². The molecule has 1 spiro atoms. The smallest absolute Gasteiger partial charge is 0.221 e. The zero-order valence-corrected chi connectivity index (χ0v) is 14.0. The van der Waals surface area contributed by atoms with Gasteiger partial charge in [0.1, 0.15) is 0 Å². The van der Waals surface area contributed by atoms with Crippen molar-refractivity contribution in [3.05, 3.63) is 48.0 Å². The standard InChI is InChI=1S/C18H23N5O/c1-22-12-14(11-20-22)16-10-17(24)21-18(16)5-8-23(9-6-18)13-15-4-2-3-7-19-15/h2-4,7,11-12,16H,5-6,8-10,13H2,1H3,(H,21,24). The topological polar surface area (TPSA) is 63.1 Å². The summed E-state index contributed by atoms with van der Waals surface area (Å²) in [5, 5.41) is 7.59. The molecule has 0 aliphatic carbocycles. The Morgan fingerprint density at radius 3 is 2.83 bits per heavy atom. The molecule has 4 heterocycles. The van der Waals surface area contributed by atoms with Crippen LogP contribution in [0.15, 0.2) is 36.8 Å². The van der Waals surface area contributed by atoms with Gasteiger partial charge < -0.3 is 5.32 Å². The minimum absolute atomic E-state index is 0.110. The molecule has 0 saturated carbocycles. The maximum absolute atomic E-state index is 12.1. The number of pyridine rings is 1. The third-order valence-electron chi connectivity index (χ3n) is 5.43. The van der Waals surface area contributed by atoms with Crippen LogP contribution in [0.5, 0.6) is 0 Å². The van der Waals surface area contributed by atoms with Gasteiger partial charge in [0.2, 0.25) is 5.91 Å². The van der Waals surface area contributed by atoms with Gasteiger partial charge in [-0.2, -0.15) is 5.10 Å². The highest BCUT2D eigenvalue weighted by molar-refractivity contribution is 5.81. The molecule has 2 aromatic heterocycles. The van der Waals surface area contributed by atoms with Gasteiger partial charge in [0.25, 0.3) is 0 Å². The second kappa shape index (κ2) is 6.02. The molecule has 2 fully saturated rings. The third kappa shape index (κ3) is 2.82. The molecule has 6 nitrogen and oxygen atoms in total. The minimum Gasteiger partial charge on any atom is -0.350 e. The summed E-state index contributed by atoms with van der Waals surface area (Å²) in [7, 11) is 1.93. The van der Waals surface area contributed by atoms with Gasteiger partial charge in [0.15, 0.2) is 0 Å². The van der Waals surface area contributed by atoms with E-state index in [1.54, 1.807) is 0 Å². The van der Waals surface area contributed by atoms with Gasteiger partial charge in [-0.05, 0) is 30.5 Å². The number of carbonyl (C=O) groups excluding carboxylic acids is 1. The summed E-state index contributed by atoms with van der Waals surface area (Å²) in [6.45, 7) is 2.84. The van der Waals surface area contributed by atoms with Crippen molar-refractivity contribution in [2.75, 3.05) is 13.1 Å². The maximum Gasteiger partial charge on any atom is 0.221 e. The Hall–Kier alpha value is -2.21. The highest BCUT2D eigenvalue weighted by Crippen LogP contribution is 2.43. The number of piperidine rings is 1. The minimum atomic E-state index is -0.110. The Morgan fingerprint density at radius 2 is 2.17 bits per heavy atom. The molecule has 2 aliphatic heterocycles. The number of likely N-dealkylation sites (tertiary alicyclic amines) is 1. The summed E-state index contributed by atoms with van der Waals surface area (Å²) in [5.74, 6) is 0.401. The Kier molecular flexibility index (Phi) is 3.84. The lowest BCUT2D eigenvalue weighted by Crippen LogP contribution is -2.53. The van der Waals surface area contributed by atoms with E-state index in [0.29, 0.717) is 6.42 Å². The molecule has 2 saturated heterocycles. The predicted octanol–water partition coefficient (Wildman–Crippen LogP) is 1.45. The van der Waals surface area contributed by atoms with E-state index in [0.717, 1.165) is 38.2 Å². The number of carbonyl (C=O) groups is 1. The van der Waals surface area contributed by atoms with Crippen LogP contribution in [0.1, 0.15) is 36.4 Å². The molecule has 1 atom stereocenters. The largest absolute Gasteiger partial charge is 0.350 e. The predicted molar refractivity (Wildman–Crippen MR) is 90.2 cm³/mol. The molecule has 0 aromatic carbocycles. The number of amides is 1. The Labute approximate surface area is 141 Å². The zero-order chi connectivity index (χ0) is 16.6. The van der Waals surface area contributed by atoms with E-state index >= 15 is 0 Å². The van der Waals surface area contributed by atoms with E-state index in [2.05, 4.69) is 26.4 Å². The molecule has 2 aromatic rings. The van der Waals surface area contributed by atoms with Crippen molar-refractivity contribution < 1.29 is 4.79 Å². The first-order valence-corrected chi connectivity index (χ1v) is 8.56. The Morgan fingerprint density at radius 1 is 1.33 bits per heavy atom. The molecule has 1 unspecified atom stereocenters. The molecule has 24 heavy (non-hydrogen) atoms. The van der Waals surface area contributed by atoms with Gasteiger partial charge in [0.05, 0.1) is 11.9 Å². The van der Waals surface area contributed by atoms with Crippen LogP contribution in [0, 0.1) is 0 Å². The van der Waals surface area contributed by atoms with Crippen LogP contribution in [-0.2, 0) is 18.4 Å². The van der Waals surface area contributed by atoms with Crippen LogP contribution in [0.25, 0.3) is 0 Å². The number of aryl methyl sites for hydroxylation is 1. The maximum atomic E-state index is 12.1. The van der Waals surface area contributed by atoms with Gasteiger partial charge in [-0.3, -0.25) is 19.4 Å². The first kappa shape index (κ1) is 15.3. The first-order valence-electron chi connectivity index (χ1n) is 8.56. The van der Waals surface area contributed by atoms with Crippen LogP contribution in [-0.4, -0.2) is 44.2 Å². The lowest BCUT2D eigenvalue weighted by molar-refractivity contribution is -0.120. The van der Waals surface area contributed by atoms with Crippen molar-refractivity contribution in [3.63, 3.8) is 0 Å². The van der Waals surface area contributed by atoms with E-state index in [4.69, 9.17) is 0 Å². The first-order chi connectivity index (χ1) is 11.6. The molecule has 1 amide bonds. The Balaban J connectivity index is 1.47. The molecule has 0 bridgehead atoms. The summed E-state index contributed by atoms with van der Waals surface area (Å²) in [5.41, 5.74) is 2.17. The fraction of sp³-hybridized carbons (Fsp3) is 0.500. The number of rotatable bonds is 3. The van der Waals surface area contributed by atoms with Gasteiger partial charge in [-0.1, -0.05) is 6.07 Å². The van der Waals surface area contributed by atoms with Crippen molar-refractivity contribution in [3.8, 4) is 0 Å². The lowest BCUT2D eigenvalue weighted by Gasteiger charge is -2.42. The Bertz CT molecular complexity index is 718. The number of aromatic nitrogens is 3. The van der Waals surface area contributed by atoms with Crippen LogP contribution >= 0.6 is 0 Å². The molecular weight excluding hydrogens is 302 g/mol. The number of hydrogen-bond acceptors (Lipinski definition) is 4. The van der Waals surface area contributed by atoms with E-state index in [1.165, 1.54) is 5.56 Å². The van der Waals surface area contributed by atoms with Crippen molar-refractivity contribution in [2.24, 2.45) is 7.05 Å². The van der Waals surface area contributed by atoms with E-state index < -0.39 is 0 Å². The molecule has 1 N–H and O–H groups in total. The number of nitrogens with one attached hydrogen (secondary N) is 1. The van der Waals surface area contributed by atoms with E-state index in [9.17, 15) is 4.79 Å². The summed E-state index contributed by atoms with van der Waals surface area (Å²) in [6.07, 6.45) is 8.33. The van der Waals surface area contributed by atoms with Gasteiger partial charge in [0, 0.05) is 57.0 Å². The van der Waals surface area contributed by atoms with Crippen LogP contribution in [0.2, 0.25) is 0 Å². The number of nitrogens with zero attached hydrogens (tertiary/aromatic N) is 4. The van der Waals surface area contributed by atoms with Gasteiger partial charge in [-0.25, -0.2) is 0 Å². The van der Waals surface area contributed by atoms with Crippen LogP contribution in [0.3, 0.4) is 0 Å². The SMILES string of the molecule is Cn1cc(C2CC(=O)NC23CCN(Cc2ccccn2)CC3)cn1. The van der Waals surface area contributed by atoms with E-state index in [-0.39, 0.29) is 17.4 Å². The van der Waals surface area contributed by atoms with Gasteiger partial charge in [-0.15, -0.1) is 0 Å². The molecule has 4 rings (SSSR count).